The van der Waals surface area contributed by atoms with E-state index >= 15 is 0 Å². The largest absolute Gasteiger partial charge is 0.493 e. The van der Waals surface area contributed by atoms with Crippen molar-refractivity contribution in [3.05, 3.63) is 104 Å². The molecule has 37 heavy (non-hydrogen) atoms. The van der Waals surface area contributed by atoms with Gasteiger partial charge in [0.15, 0.2) is 11.5 Å². The fourth-order valence-corrected chi connectivity index (χ4v) is 4.28. The Labute approximate surface area is 214 Å². The molecule has 0 aliphatic carbocycles. The standard InChI is InChI=1S/C29H31N3O5/c1-19(9-10-20-7-5-4-6-8-20)30-27(33)22-12-13-23-24(18-22)31-29(35)32(28(23)34)16-15-21-11-14-25(36-2)26(17-21)37-3/h4-8,11-14,17-19H,9-10,15-16H2,1-3H3,(H,30,33)(H,31,35)/t19-/m0/s1. The van der Waals surface area contributed by atoms with Crippen LogP contribution in [0.25, 0.3) is 10.9 Å². The van der Waals surface area contributed by atoms with Crippen molar-refractivity contribution in [2.75, 3.05) is 14.2 Å². The summed E-state index contributed by atoms with van der Waals surface area (Å²) in [7, 11) is 3.12. The van der Waals surface area contributed by atoms with E-state index in [0.29, 0.717) is 34.4 Å². The number of methoxy groups -OCH3 is 2. The molecule has 1 heterocycles. The van der Waals surface area contributed by atoms with Gasteiger partial charge < -0.3 is 19.8 Å². The quantitative estimate of drug-likeness (QED) is 0.345. The molecular weight excluding hydrogens is 470 g/mol. The maximum Gasteiger partial charge on any atom is 0.328 e. The molecule has 4 rings (SSSR count). The number of rotatable bonds is 10. The highest BCUT2D eigenvalue weighted by molar-refractivity contribution is 5.97. The smallest absolute Gasteiger partial charge is 0.328 e. The summed E-state index contributed by atoms with van der Waals surface area (Å²) < 4.78 is 11.8. The van der Waals surface area contributed by atoms with E-state index in [1.165, 1.54) is 10.1 Å². The molecule has 0 fully saturated rings. The van der Waals surface area contributed by atoms with E-state index in [-0.39, 0.29) is 18.5 Å². The lowest BCUT2D eigenvalue weighted by atomic mass is 10.1. The second kappa shape index (κ2) is 11.6. The average molecular weight is 502 g/mol. The maximum absolute atomic E-state index is 13.1. The molecule has 0 saturated heterocycles. The minimum atomic E-state index is -0.522. The van der Waals surface area contributed by atoms with Crippen LogP contribution in [0.15, 0.2) is 76.3 Å². The lowest BCUT2D eigenvalue weighted by molar-refractivity contribution is 0.0938. The van der Waals surface area contributed by atoms with Crippen molar-refractivity contribution in [2.45, 2.75) is 38.8 Å². The number of hydrogen-bond acceptors (Lipinski definition) is 5. The van der Waals surface area contributed by atoms with Crippen LogP contribution in [-0.4, -0.2) is 35.7 Å². The minimum Gasteiger partial charge on any atom is -0.493 e. The third-order valence-corrected chi connectivity index (χ3v) is 6.40. The van der Waals surface area contributed by atoms with Crippen LogP contribution in [0, 0.1) is 0 Å². The molecule has 8 heteroatoms. The van der Waals surface area contributed by atoms with E-state index in [1.54, 1.807) is 38.5 Å². The number of amides is 1. The second-order valence-electron chi connectivity index (χ2n) is 8.99. The molecule has 3 aromatic carbocycles. The zero-order chi connectivity index (χ0) is 26.4. The van der Waals surface area contributed by atoms with Crippen LogP contribution in [0.2, 0.25) is 0 Å². The summed E-state index contributed by atoms with van der Waals surface area (Å²) in [5, 5.41) is 3.34. The number of carbonyl (C=O) groups excluding carboxylic acids is 1. The Kier molecular flexibility index (Phi) is 8.08. The summed E-state index contributed by atoms with van der Waals surface area (Å²) in [6, 6.07) is 20.3. The molecule has 8 nitrogen and oxygen atoms in total. The predicted octanol–water partition coefficient (Wildman–Crippen LogP) is 3.70. The normalized spacial score (nSPS) is 11.8. The molecule has 4 aromatic rings. The molecular formula is C29H31N3O5. The van der Waals surface area contributed by atoms with E-state index in [1.807, 2.05) is 37.3 Å². The van der Waals surface area contributed by atoms with Gasteiger partial charge >= 0.3 is 5.69 Å². The third kappa shape index (κ3) is 6.09. The van der Waals surface area contributed by atoms with Gasteiger partial charge in [-0.05, 0) is 67.6 Å². The number of nitrogens with zero attached hydrogens (tertiary/aromatic N) is 1. The van der Waals surface area contributed by atoms with Crippen molar-refractivity contribution in [3.63, 3.8) is 0 Å². The van der Waals surface area contributed by atoms with Gasteiger partial charge in [0.25, 0.3) is 11.5 Å². The lowest BCUT2D eigenvalue weighted by Crippen LogP contribution is -2.36. The fourth-order valence-electron chi connectivity index (χ4n) is 4.28. The van der Waals surface area contributed by atoms with Crippen LogP contribution < -0.4 is 26.0 Å². The van der Waals surface area contributed by atoms with Crippen molar-refractivity contribution in [2.24, 2.45) is 0 Å². The van der Waals surface area contributed by atoms with Crippen LogP contribution in [-0.2, 0) is 19.4 Å². The first kappa shape index (κ1) is 25.8. The van der Waals surface area contributed by atoms with Gasteiger partial charge in [0, 0.05) is 18.2 Å². The van der Waals surface area contributed by atoms with E-state index in [2.05, 4.69) is 22.4 Å². The Morgan fingerprint density at radius 2 is 1.68 bits per heavy atom. The Morgan fingerprint density at radius 3 is 2.41 bits per heavy atom. The van der Waals surface area contributed by atoms with E-state index < -0.39 is 11.2 Å². The van der Waals surface area contributed by atoms with E-state index in [4.69, 9.17) is 9.47 Å². The van der Waals surface area contributed by atoms with Crippen LogP contribution in [0.1, 0.15) is 34.8 Å². The topological polar surface area (TPSA) is 102 Å². The van der Waals surface area contributed by atoms with Crippen LogP contribution >= 0.6 is 0 Å². The summed E-state index contributed by atoms with van der Waals surface area (Å²) >= 11 is 0. The SMILES string of the molecule is COc1ccc(CCn2c(=O)[nH]c3cc(C(=O)N[C@@H](C)CCc4ccccc4)ccc3c2=O)cc1OC. The highest BCUT2D eigenvalue weighted by atomic mass is 16.5. The summed E-state index contributed by atoms with van der Waals surface area (Å²) in [4.78, 5) is 41.4. The van der Waals surface area contributed by atoms with Gasteiger partial charge in [0.2, 0.25) is 0 Å². The Hall–Kier alpha value is -4.33. The summed E-state index contributed by atoms with van der Waals surface area (Å²) in [6.07, 6.45) is 2.11. The van der Waals surface area contributed by atoms with Gasteiger partial charge in [-0.1, -0.05) is 36.4 Å². The number of benzene rings is 3. The van der Waals surface area contributed by atoms with Crippen LogP contribution in [0.3, 0.4) is 0 Å². The van der Waals surface area contributed by atoms with Crippen molar-refractivity contribution >= 4 is 16.8 Å². The van der Waals surface area contributed by atoms with Crippen molar-refractivity contribution < 1.29 is 14.3 Å². The average Bonchev–Trinajstić information content (AvgIpc) is 2.91. The molecule has 1 amide bonds. The van der Waals surface area contributed by atoms with Gasteiger partial charge in [-0.2, -0.15) is 0 Å². The van der Waals surface area contributed by atoms with Gasteiger partial charge in [0.05, 0.1) is 25.1 Å². The minimum absolute atomic E-state index is 0.0352. The maximum atomic E-state index is 13.1. The highest BCUT2D eigenvalue weighted by Gasteiger charge is 2.14. The van der Waals surface area contributed by atoms with Crippen LogP contribution in [0.5, 0.6) is 11.5 Å². The van der Waals surface area contributed by atoms with E-state index in [0.717, 1.165) is 18.4 Å². The number of aryl methyl sites for hydroxylation is 2. The number of H-pyrrole nitrogens is 1. The monoisotopic (exact) mass is 501 g/mol. The highest BCUT2D eigenvalue weighted by Crippen LogP contribution is 2.27. The van der Waals surface area contributed by atoms with Gasteiger partial charge in [0.1, 0.15) is 0 Å². The van der Waals surface area contributed by atoms with Crippen molar-refractivity contribution in [1.29, 1.82) is 0 Å². The first-order valence-corrected chi connectivity index (χ1v) is 12.2. The molecule has 0 aliphatic heterocycles. The third-order valence-electron chi connectivity index (χ3n) is 6.40. The number of carbonyl (C=O) groups is 1. The molecule has 0 spiro atoms. The zero-order valence-electron chi connectivity index (χ0n) is 21.2. The molecule has 0 aliphatic rings. The summed E-state index contributed by atoms with van der Waals surface area (Å²) in [5.74, 6) is 0.943. The summed E-state index contributed by atoms with van der Waals surface area (Å²) in [5.41, 5.74) is 1.92. The van der Waals surface area contributed by atoms with Gasteiger partial charge in [-0.15, -0.1) is 0 Å². The predicted molar refractivity (Wildman–Crippen MR) is 144 cm³/mol. The van der Waals surface area contributed by atoms with E-state index in [9.17, 15) is 14.4 Å². The van der Waals surface area contributed by atoms with Crippen molar-refractivity contribution in [3.8, 4) is 11.5 Å². The molecule has 1 atom stereocenters. The lowest BCUT2D eigenvalue weighted by Gasteiger charge is -2.14. The second-order valence-corrected chi connectivity index (χ2v) is 8.99. The number of hydrogen-bond donors (Lipinski definition) is 2. The number of aromatic nitrogens is 2. The molecule has 1 aromatic heterocycles. The Balaban J connectivity index is 1.46. The Bertz CT molecular complexity index is 1510. The first-order valence-electron chi connectivity index (χ1n) is 12.2. The van der Waals surface area contributed by atoms with Crippen LogP contribution in [0.4, 0.5) is 0 Å². The molecule has 0 bridgehead atoms. The zero-order valence-corrected chi connectivity index (χ0v) is 21.2. The molecule has 0 unspecified atom stereocenters. The molecule has 0 radical (unpaired) electrons. The van der Waals surface area contributed by atoms with Crippen molar-refractivity contribution in [1.82, 2.24) is 14.9 Å². The Morgan fingerprint density at radius 1 is 0.919 bits per heavy atom. The molecule has 192 valence electrons. The number of aromatic amines is 1. The van der Waals surface area contributed by atoms with Gasteiger partial charge in [-0.3, -0.25) is 14.2 Å². The number of ether oxygens (including phenoxy) is 2. The molecule has 0 saturated carbocycles. The fraction of sp³-hybridized carbons (Fsp3) is 0.276. The first-order chi connectivity index (χ1) is 17.9. The number of fused-ring (bicyclic) bond motifs is 1. The molecule has 2 N–H and O–H groups in total. The number of nitrogens with one attached hydrogen (secondary N) is 2. The van der Waals surface area contributed by atoms with Gasteiger partial charge in [-0.25, -0.2) is 4.79 Å². The summed E-state index contributed by atoms with van der Waals surface area (Å²) in [6.45, 7) is 2.15.